The predicted octanol–water partition coefficient (Wildman–Crippen LogP) is 14.9. The van der Waals surface area contributed by atoms with Crippen LogP contribution in [0.25, 0.3) is 43.8 Å². The molecule has 54 heavy (non-hydrogen) atoms. The van der Waals surface area contributed by atoms with Gasteiger partial charge in [0.1, 0.15) is 0 Å². The van der Waals surface area contributed by atoms with Crippen LogP contribution < -0.4 is 9.80 Å². The first kappa shape index (κ1) is 33.0. The van der Waals surface area contributed by atoms with Crippen LogP contribution in [-0.4, -0.2) is 0 Å². The molecule has 0 atom stereocenters. The summed E-state index contributed by atoms with van der Waals surface area (Å²) in [6.07, 6.45) is 0. The number of benzene rings is 9. The van der Waals surface area contributed by atoms with E-state index in [9.17, 15) is 0 Å². The SMILES string of the molecule is Cc1ccc(-c2c(-c3ccc(C)cc3)c3ccc(N(c4ccccc4)c4ccccc4)cc3c3cc(N(c4ccccc4)c4ccccc4)ccc23)cc1. The molecule has 0 heterocycles. The molecule has 9 aromatic rings. The van der Waals surface area contributed by atoms with Crippen molar-refractivity contribution in [3.05, 3.63) is 217 Å². The average Bonchev–Trinajstić information content (AvgIpc) is 3.23. The molecule has 0 aliphatic carbocycles. The fourth-order valence-corrected chi connectivity index (χ4v) is 7.74. The van der Waals surface area contributed by atoms with Crippen molar-refractivity contribution in [2.75, 3.05) is 9.80 Å². The summed E-state index contributed by atoms with van der Waals surface area (Å²) >= 11 is 0. The second-order valence-electron chi connectivity index (χ2n) is 14.0. The number of nitrogens with zero attached hydrogens (tertiary/aromatic N) is 2. The molecule has 0 aromatic heterocycles. The van der Waals surface area contributed by atoms with Gasteiger partial charge in [-0.1, -0.05) is 145 Å². The second kappa shape index (κ2) is 14.3. The zero-order valence-electron chi connectivity index (χ0n) is 30.5. The van der Waals surface area contributed by atoms with Crippen molar-refractivity contribution in [2.24, 2.45) is 0 Å². The second-order valence-corrected chi connectivity index (χ2v) is 14.0. The molecule has 2 nitrogen and oxygen atoms in total. The lowest BCUT2D eigenvalue weighted by molar-refractivity contribution is 1.29. The van der Waals surface area contributed by atoms with E-state index in [0.717, 1.165) is 34.1 Å². The van der Waals surface area contributed by atoms with Gasteiger partial charge in [-0.2, -0.15) is 0 Å². The summed E-state index contributed by atoms with van der Waals surface area (Å²) in [4.78, 5) is 4.71. The zero-order chi connectivity index (χ0) is 36.4. The van der Waals surface area contributed by atoms with Crippen LogP contribution in [0.15, 0.2) is 206 Å². The molecular formula is C52H40N2. The van der Waals surface area contributed by atoms with Crippen LogP contribution in [0.1, 0.15) is 11.1 Å². The Morgan fingerprint density at radius 2 is 0.556 bits per heavy atom. The molecule has 258 valence electrons. The van der Waals surface area contributed by atoms with Crippen molar-refractivity contribution in [1.29, 1.82) is 0 Å². The van der Waals surface area contributed by atoms with Gasteiger partial charge in [-0.15, -0.1) is 0 Å². The highest BCUT2D eigenvalue weighted by atomic mass is 15.1. The monoisotopic (exact) mass is 692 g/mol. The summed E-state index contributed by atoms with van der Waals surface area (Å²) in [5, 5.41) is 4.84. The van der Waals surface area contributed by atoms with Gasteiger partial charge in [-0.05, 0) is 130 Å². The summed E-state index contributed by atoms with van der Waals surface area (Å²) in [5.74, 6) is 0. The fourth-order valence-electron chi connectivity index (χ4n) is 7.74. The lowest BCUT2D eigenvalue weighted by Gasteiger charge is -2.28. The van der Waals surface area contributed by atoms with E-state index in [2.05, 4.69) is 230 Å². The van der Waals surface area contributed by atoms with E-state index in [4.69, 9.17) is 0 Å². The maximum Gasteiger partial charge on any atom is 0.0468 e. The van der Waals surface area contributed by atoms with Crippen LogP contribution in [-0.2, 0) is 0 Å². The van der Waals surface area contributed by atoms with E-state index in [1.165, 1.54) is 54.9 Å². The summed E-state index contributed by atoms with van der Waals surface area (Å²) in [6.45, 7) is 4.31. The molecule has 0 bridgehead atoms. The number of anilines is 6. The largest absolute Gasteiger partial charge is 0.310 e. The van der Waals surface area contributed by atoms with Gasteiger partial charge in [0.25, 0.3) is 0 Å². The van der Waals surface area contributed by atoms with Crippen LogP contribution in [0.5, 0.6) is 0 Å². The smallest absolute Gasteiger partial charge is 0.0468 e. The molecule has 9 rings (SSSR count). The molecule has 9 aromatic carbocycles. The maximum atomic E-state index is 2.40. The number of hydrogen-bond acceptors (Lipinski definition) is 2. The van der Waals surface area contributed by atoms with E-state index in [1.54, 1.807) is 0 Å². The van der Waals surface area contributed by atoms with Crippen molar-refractivity contribution in [1.82, 2.24) is 0 Å². The Kier molecular flexibility index (Phi) is 8.70. The molecule has 0 N–H and O–H groups in total. The first-order valence-corrected chi connectivity index (χ1v) is 18.6. The van der Waals surface area contributed by atoms with E-state index in [1.807, 2.05) is 0 Å². The highest BCUT2D eigenvalue weighted by molar-refractivity contribution is 6.23. The number of rotatable bonds is 8. The molecule has 0 spiro atoms. The van der Waals surface area contributed by atoms with Gasteiger partial charge in [0.2, 0.25) is 0 Å². The van der Waals surface area contributed by atoms with Crippen molar-refractivity contribution in [3.63, 3.8) is 0 Å². The summed E-state index contributed by atoms with van der Waals surface area (Å²) in [7, 11) is 0. The Labute approximate surface area is 317 Å². The molecule has 0 fully saturated rings. The third-order valence-electron chi connectivity index (χ3n) is 10.3. The third-order valence-corrected chi connectivity index (χ3v) is 10.3. The van der Waals surface area contributed by atoms with Crippen LogP contribution in [0.4, 0.5) is 34.1 Å². The molecule has 0 amide bonds. The minimum absolute atomic E-state index is 1.10. The third kappa shape index (κ3) is 6.18. The molecule has 0 aliphatic heterocycles. The maximum absolute atomic E-state index is 2.40. The molecule has 2 heteroatoms. The average molecular weight is 693 g/mol. The Bertz CT molecular complexity index is 2420. The van der Waals surface area contributed by atoms with Crippen LogP contribution in [0.3, 0.4) is 0 Å². The zero-order valence-corrected chi connectivity index (χ0v) is 30.5. The summed E-state index contributed by atoms with van der Waals surface area (Å²) < 4.78 is 0. The highest BCUT2D eigenvalue weighted by Crippen LogP contribution is 2.48. The van der Waals surface area contributed by atoms with Gasteiger partial charge < -0.3 is 9.80 Å². The number of aryl methyl sites for hydroxylation is 2. The van der Waals surface area contributed by atoms with Crippen molar-refractivity contribution in [2.45, 2.75) is 13.8 Å². The van der Waals surface area contributed by atoms with Crippen molar-refractivity contribution >= 4 is 55.7 Å². The van der Waals surface area contributed by atoms with Gasteiger partial charge in [0.05, 0.1) is 0 Å². The van der Waals surface area contributed by atoms with Gasteiger partial charge in [-0.3, -0.25) is 0 Å². The van der Waals surface area contributed by atoms with Gasteiger partial charge in [0, 0.05) is 34.1 Å². The molecule has 0 saturated carbocycles. The lowest BCUT2D eigenvalue weighted by atomic mass is 9.84. The minimum Gasteiger partial charge on any atom is -0.310 e. The summed E-state index contributed by atoms with van der Waals surface area (Å²) in [6, 6.07) is 74.7. The quantitative estimate of drug-likeness (QED) is 0.146. The topological polar surface area (TPSA) is 6.48 Å². The fraction of sp³-hybridized carbons (Fsp3) is 0.0385. The molecule has 0 radical (unpaired) electrons. The van der Waals surface area contributed by atoms with Crippen molar-refractivity contribution in [3.8, 4) is 22.3 Å². The minimum atomic E-state index is 1.10. The Hall–Kier alpha value is -6.90. The van der Waals surface area contributed by atoms with E-state index in [0.29, 0.717) is 0 Å². The van der Waals surface area contributed by atoms with Crippen LogP contribution in [0, 0.1) is 13.8 Å². The van der Waals surface area contributed by atoms with E-state index in [-0.39, 0.29) is 0 Å². The number of para-hydroxylation sites is 4. The number of fused-ring (bicyclic) bond motifs is 3. The summed E-state index contributed by atoms with van der Waals surface area (Å²) in [5.41, 5.74) is 14.1. The predicted molar refractivity (Wildman–Crippen MR) is 231 cm³/mol. The molecule has 0 unspecified atom stereocenters. The Balaban J connectivity index is 1.40. The standard InChI is InChI=1S/C52H40N2/c1-37-23-27-39(28-24-37)51-47-33-31-45(53(41-15-7-3-8-16-41)42-17-9-4-10-18-42)35-49(47)50-36-46(32-34-48(50)52(51)40-29-25-38(2)26-30-40)54(43-19-11-5-12-20-43)44-21-13-6-14-22-44/h3-36H,1-2H3. The molecule has 0 aliphatic rings. The Morgan fingerprint density at radius 3 is 0.852 bits per heavy atom. The van der Waals surface area contributed by atoms with E-state index >= 15 is 0 Å². The first-order valence-electron chi connectivity index (χ1n) is 18.6. The highest BCUT2D eigenvalue weighted by Gasteiger charge is 2.22. The molecule has 0 saturated heterocycles. The Morgan fingerprint density at radius 1 is 0.259 bits per heavy atom. The first-order chi connectivity index (χ1) is 26.6. The normalized spacial score (nSPS) is 11.1. The van der Waals surface area contributed by atoms with Crippen LogP contribution in [0.2, 0.25) is 0 Å². The van der Waals surface area contributed by atoms with Gasteiger partial charge in [0.15, 0.2) is 0 Å². The van der Waals surface area contributed by atoms with Gasteiger partial charge >= 0.3 is 0 Å². The number of hydrogen-bond donors (Lipinski definition) is 0. The lowest BCUT2D eigenvalue weighted by Crippen LogP contribution is -2.10. The van der Waals surface area contributed by atoms with Crippen molar-refractivity contribution < 1.29 is 0 Å². The van der Waals surface area contributed by atoms with Crippen LogP contribution >= 0.6 is 0 Å². The van der Waals surface area contributed by atoms with E-state index < -0.39 is 0 Å². The van der Waals surface area contributed by atoms with Gasteiger partial charge in [-0.25, -0.2) is 0 Å². The molecular weight excluding hydrogens is 653 g/mol.